The Morgan fingerprint density at radius 1 is 0.600 bits per heavy atom. The third kappa shape index (κ3) is 17.1. The molecular weight excluding hydrogens is 687 g/mol. The third-order valence-corrected chi connectivity index (χ3v) is 10.2. The maximum Gasteiger partial charge on any atom is 1.00 e. The summed E-state index contributed by atoms with van der Waals surface area (Å²) >= 11 is 0. The summed E-state index contributed by atoms with van der Waals surface area (Å²) in [6.07, 6.45) is 18.2. The number of hydrogen-bond acceptors (Lipinski definition) is 5. The molecule has 2 N–H and O–H groups in total. The van der Waals surface area contributed by atoms with Gasteiger partial charge in [-0.15, -0.1) is 0 Å². The molecule has 0 spiro atoms. The van der Waals surface area contributed by atoms with E-state index in [0.717, 1.165) is 34.6 Å². The van der Waals surface area contributed by atoms with Gasteiger partial charge in [0.1, 0.15) is 11.6 Å². The fraction of sp³-hybridized carbons (Fsp3) is 0.444. The third-order valence-electron chi connectivity index (χ3n) is 10.2. The van der Waals surface area contributed by atoms with Gasteiger partial charge in [-0.1, -0.05) is 138 Å². The van der Waals surface area contributed by atoms with Gasteiger partial charge in [0, 0.05) is 26.8 Å². The Bertz CT molecular complexity index is 1570. The molecule has 0 amide bonds. The molecule has 0 aromatic heterocycles. The van der Waals surface area contributed by atoms with E-state index in [1.807, 2.05) is 18.2 Å². The van der Waals surface area contributed by atoms with E-state index >= 15 is 0 Å². The normalized spacial score (nSPS) is 14.6. The Balaban J connectivity index is 0.000000297. The fourth-order valence-electron chi connectivity index (χ4n) is 6.99. The molecule has 0 bridgehead atoms. The van der Waals surface area contributed by atoms with Crippen LogP contribution in [0.2, 0.25) is 0 Å². The Kier molecular flexibility index (Phi) is 24.5. The van der Waals surface area contributed by atoms with Crippen molar-refractivity contribution in [1.29, 1.82) is 0 Å². The first-order chi connectivity index (χ1) is 26.2. The molecule has 0 unspecified atom stereocenters. The molecule has 2 aliphatic carbocycles. The van der Waals surface area contributed by atoms with Gasteiger partial charge in [0.2, 0.25) is 0 Å². The second kappa shape index (κ2) is 27.8. The molecule has 2 fully saturated rings. The van der Waals surface area contributed by atoms with E-state index < -0.39 is 20.3 Å². The first-order valence-corrected chi connectivity index (χ1v) is 19.7. The second-order valence-corrected chi connectivity index (χ2v) is 14.1. The molecule has 0 radical (unpaired) electrons. The summed E-state index contributed by atoms with van der Waals surface area (Å²) in [4.78, 5) is 0. The van der Waals surface area contributed by atoms with Gasteiger partial charge in [0.25, 0.3) is 0 Å². The average molecular weight is 749 g/mol. The summed E-state index contributed by atoms with van der Waals surface area (Å²) < 4.78 is 41.0. The molecule has 5 nitrogen and oxygen atoms in total. The van der Waals surface area contributed by atoms with Crippen LogP contribution in [0.15, 0.2) is 91.0 Å². The fourth-order valence-corrected chi connectivity index (χ4v) is 6.99. The first kappa shape index (κ1) is 48.4. The molecule has 55 heavy (non-hydrogen) atoms. The zero-order chi connectivity index (χ0) is 39.1. The van der Waals surface area contributed by atoms with Gasteiger partial charge in [-0.3, -0.25) is 0 Å². The van der Waals surface area contributed by atoms with Crippen molar-refractivity contribution in [3.05, 3.63) is 121 Å². The Morgan fingerprint density at radius 2 is 1.00 bits per heavy atom. The average Bonchev–Trinajstić information content (AvgIpc) is 3.66. The predicted octanol–water partition coefficient (Wildman–Crippen LogP) is 8.08. The van der Waals surface area contributed by atoms with Crippen LogP contribution in [0.25, 0.3) is 22.3 Å². The van der Waals surface area contributed by atoms with Crippen LogP contribution in [-0.2, 0) is 14.0 Å². The van der Waals surface area contributed by atoms with Gasteiger partial charge in [-0.05, 0) is 89.1 Å². The molecule has 0 aliphatic heterocycles. The molecular formula is C45H61B2F2LiO5. The predicted molar refractivity (Wildman–Crippen MR) is 221 cm³/mol. The van der Waals surface area contributed by atoms with Gasteiger partial charge in [-0.25, -0.2) is 8.78 Å². The summed E-state index contributed by atoms with van der Waals surface area (Å²) in [5.41, 5.74) is 6.48. The molecule has 292 valence electrons. The second-order valence-electron chi connectivity index (χ2n) is 14.1. The van der Waals surface area contributed by atoms with Crippen LogP contribution < -0.4 is 24.3 Å². The van der Waals surface area contributed by atoms with Crippen molar-refractivity contribution in [2.24, 2.45) is 0 Å². The van der Waals surface area contributed by atoms with E-state index in [1.54, 1.807) is 18.2 Å². The zero-order valence-electron chi connectivity index (χ0n) is 34.0. The molecule has 2 saturated carbocycles. The van der Waals surface area contributed by atoms with Crippen LogP contribution in [0.5, 0.6) is 0 Å². The van der Waals surface area contributed by atoms with Crippen molar-refractivity contribution >= 4 is 19.9 Å². The minimum Gasteiger partial charge on any atom is -0.423 e. The maximum absolute atomic E-state index is 13.9. The number of benzene rings is 4. The molecule has 0 saturated heterocycles. The number of halogens is 2. The smallest absolute Gasteiger partial charge is 0.423 e. The molecule has 2 aliphatic rings. The number of rotatable bonds is 9. The number of unbranched alkanes of at least 4 members (excludes halogenated alkanes) is 1. The topological polar surface area (TPSA) is 68.2 Å². The molecule has 4 aromatic rings. The summed E-state index contributed by atoms with van der Waals surface area (Å²) in [7, 11) is 2.24. The van der Waals surface area contributed by atoms with E-state index in [-0.39, 0.29) is 30.1 Å². The molecule has 4 aromatic carbocycles. The van der Waals surface area contributed by atoms with Crippen molar-refractivity contribution in [3.63, 3.8) is 0 Å². The minimum atomic E-state index is -1.78. The van der Waals surface area contributed by atoms with E-state index in [2.05, 4.69) is 64.2 Å². The van der Waals surface area contributed by atoms with Crippen LogP contribution in [0.3, 0.4) is 0 Å². The summed E-state index contributed by atoms with van der Waals surface area (Å²) in [5.74, 6) is 0.606. The Labute approximate surface area is 343 Å². The van der Waals surface area contributed by atoms with Gasteiger partial charge < -0.3 is 30.9 Å². The molecule has 10 heteroatoms. The minimum absolute atomic E-state index is 0. The maximum atomic E-state index is 13.9. The van der Waals surface area contributed by atoms with Crippen LogP contribution >= 0.6 is 0 Å². The summed E-state index contributed by atoms with van der Waals surface area (Å²) in [5, 5.41) is 18.2. The monoisotopic (exact) mass is 748 g/mol. The SMILES string of the molecule is COB(OC)OC.Fc1cccc(-c2ccc(C3CCCCCC3)cc2)c1.OB(O)c1ccc(-c2ccc(C3CCCCCC3)cc2)cc1F.[CH2-]CCC.[Li+]. The van der Waals surface area contributed by atoms with E-state index in [9.17, 15) is 8.78 Å². The van der Waals surface area contributed by atoms with Gasteiger partial charge in [-0.2, -0.15) is 6.42 Å². The van der Waals surface area contributed by atoms with E-state index in [4.69, 9.17) is 10.0 Å². The Hall–Kier alpha value is -2.73. The standard InChI is InChI=1S/C19H22BFO2.C19H21F.C4H9.C3H9BO3.Li/c21-19-13-17(11-12-18(19)20(22)23)16-9-7-15(8-10-16)14-5-3-1-2-4-6-14;20-19-9-5-8-18(14-19)17-12-10-16(11-13-17)15-6-3-1-2-4-7-15;1-3-4-2;1-5-4(6-2)7-3;/h7-14,22-23H,1-6H2;5,8-15H,1-4,6-7H2;1,3-4H2,2H3;1-3H3;/q;;-1;;+1. The van der Waals surface area contributed by atoms with E-state index in [0.29, 0.717) is 5.92 Å². The first-order valence-electron chi connectivity index (χ1n) is 19.7. The quantitative estimate of drug-likeness (QED) is 0.103. The van der Waals surface area contributed by atoms with E-state index in [1.165, 1.54) is 134 Å². The molecule has 0 atom stereocenters. The van der Waals surface area contributed by atoms with Crippen molar-refractivity contribution in [3.8, 4) is 22.3 Å². The zero-order valence-corrected chi connectivity index (χ0v) is 34.0. The largest absolute Gasteiger partial charge is 1.00 e. The van der Waals surface area contributed by atoms with Crippen LogP contribution in [0, 0.1) is 18.6 Å². The molecule has 0 heterocycles. The van der Waals surface area contributed by atoms with Crippen LogP contribution in [0.4, 0.5) is 8.78 Å². The number of hydrogen-bond donors (Lipinski definition) is 2. The summed E-state index contributed by atoms with van der Waals surface area (Å²) in [6, 6.07) is 28.4. The van der Waals surface area contributed by atoms with Crippen LogP contribution in [-0.4, -0.2) is 45.8 Å². The van der Waals surface area contributed by atoms with Gasteiger partial charge in [0.15, 0.2) is 0 Å². The Morgan fingerprint density at radius 3 is 1.33 bits per heavy atom. The van der Waals surface area contributed by atoms with Crippen molar-refractivity contribution in [2.75, 3.05) is 21.3 Å². The van der Waals surface area contributed by atoms with Crippen molar-refractivity contribution < 1.29 is 51.7 Å². The van der Waals surface area contributed by atoms with Crippen molar-refractivity contribution in [1.82, 2.24) is 0 Å². The van der Waals surface area contributed by atoms with Gasteiger partial charge in [0.05, 0.1) is 0 Å². The molecule has 6 rings (SSSR count). The summed E-state index contributed by atoms with van der Waals surface area (Å²) in [6.45, 7) is 5.72. The van der Waals surface area contributed by atoms with Crippen LogP contribution in [0.1, 0.15) is 120 Å². The van der Waals surface area contributed by atoms with Gasteiger partial charge >= 0.3 is 33.3 Å². The van der Waals surface area contributed by atoms with Crippen molar-refractivity contribution in [2.45, 2.75) is 109 Å².